The van der Waals surface area contributed by atoms with E-state index < -0.39 is 0 Å². The maximum absolute atomic E-state index is 13.2. The van der Waals surface area contributed by atoms with Crippen molar-refractivity contribution in [2.75, 3.05) is 6.54 Å². The Balaban J connectivity index is 1.65. The van der Waals surface area contributed by atoms with E-state index in [4.69, 9.17) is 4.42 Å². The van der Waals surface area contributed by atoms with E-state index in [0.29, 0.717) is 30.6 Å². The van der Waals surface area contributed by atoms with Gasteiger partial charge < -0.3 is 9.32 Å². The Bertz CT molecular complexity index is 902. The zero-order valence-corrected chi connectivity index (χ0v) is 15.4. The third kappa shape index (κ3) is 3.49. The molecule has 1 aliphatic rings. The SMILES string of the molecule is CCn1nccc1C(=O)N1CCCCC[C@H]1c1nnc(-c2ccccc2)o1. The average molecular weight is 365 g/mol. The number of aromatic nitrogens is 4. The predicted octanol–water partition coefficient (Wildman–Crippen LogP) is 3.71. The zero-order valence-electron chi connectivity index (χ0n) is 15.4. The molecule has 0 aliphatic carbocycles. The van der Waals surface area contributed by atoms with Gasteiger partial charge in [0.05, 0.1) is 0 Å². The molecule has 1 atom stereocenters. The molecular formula is C20H23N5O2. The monoisotopic (exact) mass is 365 g/mol. The van der Waals surface area contributed by atoms with E-state index in [-0.39, 0.29) is 11.9 Å². The third-order valence-electron chi connectivity index (χ3n) is 5.00. The highest BCUT2D eigenvalue weighted by Gasteiger charge is 2.32. The van der Waals surface area contributed by atoms with E-state index in [0.717, 1.165) is 31.2 Å². The van der Waals surface area contributed by atoms with E-state index in [1.54, 1.807) is 16.9 Å². The summed E-state index contributed by atoms with van der Waals surface area (Å²) in [6, 6.07) is 11.3. The van der Waals surface area contributed by atoms with Crippen LogP contribution in [0.2, 0.25) is 0 Å². The fraction of sp³-hybridized carbons (Fsp3) is 0.400. The van der Waals surface area contributed by atoms with Crippen LogP contribution < -0.4 is 0 Å². The van der Waals surface area contributed by atoms with Crippen molar-refractivity contribution >= 4 is 5.91 Å². The van der Waals surface area contributed by atoms with Crippen LogP contribution in [0, 0.1) is 0 Å². The van der Waals surface area contributed by atoms with E-state index in [9.17, 15) is 4.79 Å². The predicted molar refractivity (Wildman–Crippen MR) is 99.9 cm³/mol. The van der Waals surface area contributed by atoms with E-state index in [2.05, 4.69) is 15.3 Å². The molecule has 3 heterocycles. The number of hydrogen-bond donors (Lipinski definition) is 0. The summed E-state index contributed by atoms with van der Waals surface area (Å²) < 4.78 is 7.71. The third-order valence-corrected chi connectivity index (χ3v) is 5.00. The van der Waals surface area contributed by atoms with E-state index in [1.165, 1.54) is 0 Å². The molecule has 0 radical (unpaired) electrons. The lowest BCUT2D eigenvalue weighted by molar-refractivity contribution is 0.0640. The molecule has 2 aromatic heterocycles. The van der Waals surface area contributed by atoms with Gasteiger partial charge in [-0.25, -0.2) is 0 Å². The van der Waals surface area contributed by atoms with Crippen LogP contribution in [0.25, 0.3) is 11.5 Å². The van der Waals surface area contributed by atoms with Crippen LogP contribution in [-0.2, 0) is 6.54 Å². The number of carbonyl (C=O) groups is 1. The van der Waals surface area contributed by atoms with Gasteiger partial charge in [-0.15, -0.1) is 10.2 Å². The first-order valence-electron chi connectivity index (χ1n) is 9.49. The minimum Gasteiger partial charge on any atom is -0.418 e. The largest absolute Gasteiger partial charge is 0.418 e. The van der Waals surface area contributed by atoms with Gasteiger partial charge in [0.2, 0.25) is 11.8 Å². The molecule has 7 heteroatoms. The summed E-state index contributed by atoms with van der Waals surface area (Å²) >= 11 is 0. The van der Waals surface area contributed by atoms with Gasteiger partial charge in [0, 0.05) is 24.8 Å². The molecule has 0 N–H and O–H groups in total. The summed E-state index contributed by atoms with van der Waals surface area (Å²) in [5.74, 6) is 0.966. The topological polar surface area (TPSA) is 77.1 Å². The number of amides is 1. The molecule has 1 amide bonds. The maximum atomic E-state index is 13.2. The number of likely N-dealkylation sites (tertiary alicyclic amines) is 1. The first kappa shape index (κ1) is 17.5. The maximum Gasteiger partial charge on any atom is 0.272 e. The minimum absolute atomic E-state index is 0.0271. The van der Waals surface area contributed by atoms with Crippen molar-refractivity contribution in [2.45, 2.75) is 45.2 Å². The lowest BCUT2D eigenvalue weighted by atomic mass is 10.1. The zero-order chi connectivity index (χ0) is 18.6. The molecule has 3 aromatic rings. The lowest BCUT2D eigenvalue weighted by Gasteiger charge is -2.27. The Hall–Kier alpha value is -2.96. The first-order chi connectivity index (χ1) is 13.3. The normalized spacial score (nSPS) is 17.7. The van der Waals surface area contributed by atoms with Gasteiger partial charge in [0.1, 0.15) is 11.7 Å². The van der Waals surface area contributed by atoms with Gasteiger partial charge in [-0.1, -0.05) is 31.0 Å². The molecule has 0 saturated carbocycles. The Morgan fingerprint density at radius 1 is 1.15 bits per heavy atom. The lowest BCUT2D eigenvalue weighted by Crippen LogP contribution is -2.36. The Morgan fingerprint density at radius 3 is 2.81 bits per heavy atom. The number of nitrogens with zero attached hydrogens (tertiary/aromatic N) is 5. The molecule has 7 nitrogen and oxygen atoms in total. The van der Waals surface area contributed by atoms with Crippen LogP contribution in [0.5, 0.6) is 0 Å². The second-order valence-electron chi connectivity index (χ2n) is 6.71. The molecule has 1 aliphatic heterocycles. The number of benzene rings is 1. The highest BCUT2D eigenvalue weighted by atomic mass is 16.4. The molecule has 0 spiro atoms. The van der Waals surface area contributed by atoms with Crippen molar-refractivity contribution in [3.63, 3.8) is 0 Å². The second-order valence-corrected chi connectivity index (χ2v) is 6.71. The molecule has 140 valence electrons. The number of rotatable bonds is 4. The van der Waals surface area contributed by atoms with Crippen LogP contribution in [0.1, 0.15) is 55.0 Å². The number of hydrogen-bond acceptors (Lipinski definition) is 5. The average Bonchev–Trinajstić information content (AvgIpc) is 3.32. The molecule has 4 rings (SSSR count). The van der Waals surface area contributed by atoms with Crippen LogP contribution in [0.4, 0.5) is 0 Å². The molecule has 27 heavy (non-hydrogen) atoms. The van der Waals surface area contributed by atoms with Crippen LogP contribution in [-0.4, -0.2) is 37.3 Å². The van der Waals surface area contributed by atoms with Gasteiger partial charge in [-0.05, 0) is 38.0 Å². The minimum atomic E-state index is -0.204. The van der Waals surface area contributed by atoms with E-state index >= 15 is 0 Å². The summed E-state index contributed by atoms with van der Waals surface area (Å²) in [5.41, 5.74) is 1.49. The molecule has 1 aromatic carbocycles. The van der Waals surface area contributed by atoms with Crippen molar-refractivity contribution in [3.05, 3.63) is 54.2 Å². The first-order valence-corrected chi connectivity index (χ1v) is 9.49. The summed E-state index contributed by atoms with van der Waals surface area (Å²) in [6.07, 6.45) is 5.59. The summed E-state index contributed by atoms with van der Waals surface area (Å²) in [7, 11) is 0. The summed E-state index contributed by atoms with van der Waals surface area (Å²) in [4.78, 5) is 15.1. The van der Waals surface area contributed by atoms with Gasteiger partial charge >= 0.3 is 0 Å². The van der Waals surface area contributed by atoms with Gasteiger partial charge in [0.25, 0.3) is 5.91 Å². The van der Waals surface area contributed by atoms with E-state index in [1.807, 2.05) is 42.2 Å². The highest BCUT2D eigenvalue weighted by Crippen LogP contribution is 2.32. The standard InChI is InChI=1S/C20H23N5O2/c1-2-25-17(12-13-21-25)20(26)24-14-8-4-7-11-16(24)19-23-22-18(27-19)15-9-5-3-6-10-15/h3,5-6,9-10,12-13,16H,2,4,7-8,11,14H2,1H3/t16-/m0/s1. The molecule has 1 fully saturated rings. The number of carbonyl (C=O) groups excluding carboxylic acids is 1. The fourth-order valence-corrected chi connectivity index (χ4v) is 3.59. The van der Waals surface area contributed by atoms with Crippen LogP contribution >= 0.6 is 0 Å². The van der Waals surface area contributed by atoms with Crippen LogP contribution in [0.15, 0.2) is 47.0 Å². The van der Waals surface area contributed by atoms with Gasteiger partial charge in [0.15, 0.2) is 0 Å². The van der Waals surface area contributed by atoms with Crippen molar-refractivity contribution < 1.29 is 9.21 Å². The molecule has 0 unspecified atom stereocenters. The Labute approximate surface area is 158 Å². The quantitative estimate of drug-likeness (QED) is 0.704. The molecular weight excluding hydrogens is 342 g/mol. The summed E-state index contributed by atoms with van der Waals surface area (Å²) in [5, 5.41) is 12.7. The van der Waals surface area contributed by atoms with Crippen molar-refractivity contribution in [2.24, 2.45) is 0 Å². The molecule has 0 bridgehead atoms. The van der Waals surface area contributed by atoms with Crippen LogP contribution in [0.3, 0.4) is 0 Å². The number of aryl methyl sites for hydroxylation is 1. The molecule has 1 saturated heterocycles. The fourth-order valence-electron chi connectivity index (χ4n) is 3.59. The van der Waals surface area contributed by atoms with Crippen molar-refractivity contribution in [3.8, 4) is 11.5 Å². The van der Waals surface area contributed by atoms with Gasteiger partial charge in [-0.3, -0.25) is 9.48 Å². The summed E-state index contributed by atoms with van der Waals surface area (Å²) in [6.45, 7) is 3.32. The van der Waals surface area contributed by atoms with Crippen molar-refractivity contribution in [1.29, 1.82) is 0 Å². The van der Waals surface area contributed by atoms with Crippen molar-refractivity contribution in [1.82, 2.24) is 24.9 Å². The second kappa shape index (κ2) is 7.73. The van der Waals surface area contributed by atoms with Gasteiger partial charge in [-0.2, -0.15) is 5.10 Å². The highest BCUT2D eigenvalue weighted by molar-refractivity contribution is 5.92. The Kier molecular flexibility index (Phi) is 5.00. The Morgan fingerprint density at radius 2 is 2.00 bits per heavy atom. The smallest absolute Gasteiger partial charge is 0.272 e.